The van der Waals surface area contributed by atoms with Gasteiger partial charge in [-0.3, -0.25) is 9.48 Å². The van der Waals surface area contributed by atoms with Crippen molar-refractivity contribution in [3.63, 3.8) is 0 Å². The Labute approximate surface area is 198 Å². The van der Waals surface area contributed by atoms with Crippen LogP contribution < -0.4 is 16.4 Å². The van der Waals surface area contributed by atoms with Crippen LogP contribution >= 0.6 is 0 Å². The molecule has 4 aromatic rings. The fourth-order valence-electron chi connectivity index (χ4n) is 3.82. The second kappa shape index (κ2) is 11.0. The lowest BCUT2D eigenvalue weighted by atomic mass is 10.0. The Morgan fingerprint density at radius 3 is 2.06 bits per heavy atom. The van der Waals surface area contributed by atoms with Gasteiger partial charge in [0, 0.05) is 30.3 Å². The molecule has 1 atom stereocenters. The second-order valence-corrected chi connectivity index (χ2v) is 8.02. The average molecular weight is 454 g/mol. The third-order valence-electron chi connectivity index (χ3n) is 5.44. The number of primary amides is 1. The molecule has 4 rings (SSSR count). The van der Waals surface area contributed by atoms with Crippen molar-refractivity contribution in [3.8, 4) is 11.3 Å². The van der Waals surface area contributed by atoms with E-state index in [1.807, 2.05) is 89.7 Å². The van der Waals surface area contributed by atoms with Gasteiger partial charge >= 0.3 is 6.03 Å². The number of nitrogens with zero attached hydrogens (tertiary/aromatic N) is 2. The zero-order valence-electron chi connectivity index (χ0n) is 18.7. The molecule has 1 heterocycles. The highest BCUT2D eigenvalue weighted by Crippen LogP contribution is 2.22. The van der Waals surface area contributed by atoms with E-state index in [1.54, 1.807) is 0 Å². The fraction of sp³-hybridized carbons (Fsp3) is 0.148. The van der Waals surface area contributed by atoms with Crippen molar-refractivity contribution in [2.75, 3.05) is 0 Å². The molecule has 0 radical (unpaired) electrons. The molecule has 0 spiro atoms. The first-order valence-corrected chi connectivity index (χ1v) is 11.1. The van der Waals surface area contributed by atoms with Crippen LogP contribution in [0.3, 0.4) is 0 Å². The minimum atomic E-state index is -0.778. The van der Waals surface area contributed by atoms with Crippen molar-refractivity contribution in [1.82, 2.24) is 20.4 Å². The number of hydrogen-bond acceptors (Lipinski definition) is 3. The molecule has 34 heavy (non-hydrogen) atoms. The smallest absolute Gasteiger partial charge is 0.312 e. The predicted molar refractivity (Wildman–Crippen MR) is 132 cm³/mol. The minimum Gasteiger partial charge on any atom is -0.352 e. The van der Waals surface area contributed by atoms with Gasteiger partial charge in [0.2, 0.25) is 5.91 Å². The van der Waals surface area contributed by atoms with E-state index in [0.717, 1.165) is 27.9 Å². The number of rotatable bonds is 9. The molecule has 7 nitrogen and oxygen atoms in total. The Kier molecular flexibility index (Phi) is 7.35. The Morgan fingerprint density at radius 2 is 1.44 bits per heavy atom. The summed E-state index contributed by atoms with van der Waals surface area (Å²) in [7, 11) is 0. The molecular weight excluding hydrogens is 426 g/mol. The zero-order chi connectivity index (χ0) is 23.8. The van der Waals surface area contributed by atoms with Crippen molar-refractivity contribution in [2.45, 2.75) is 25.6 Å². The van der Waals surface area contributed by atoms with E-state index in [0.29, 0.717) is 13.0 Å². The molecule has 7 heteroatoms. The van der Waals surface area contributed by atoms with Crippen LogP contribution in [-0.2, 0) is 24.3 Å². The van der Waals surface area contributed by atoms with Gasteiger partial charge < -0.3 is 16.4 Å². The van der Waals surface area contributed by atoms with E-state index in [9.17, 15) is 9.59 Å². The molecular formula is C27H27N5O2. The molecule has 3 amide bonds. The van der Waals surface area contributed by atoms with Gasteiger partial charge in [0.15, 0.2) is 0 Å². The van der Waals surface area contributed by atoms with Crippen LogP contribution in [0, 0.1) is 0 Å². The van der Waals surface area contributed by atoms with Crippen molar-refractivity contribution in [3.05, 3.63) is 114 Å². The number of urea groups is 1. The first kappa shape index (κ1) is 22.8. The van der Waals surface area contributed by atoms with Crippen LogP contribution in [0.1, 0.15) is 16.7 Å². The van der Waals surface area contributed by atoms with Crippen LogP contribution in [0.4, 0.5) is 4.79 Å². The van der Waals surface area contributed by atoms with Crippen LogP contribution in [0.15, 0.2) is 97.2 Å². The quantitative estimate of drug-likeness (QED) is 0.361. The minimum absolute atomic E-state index is 0.267. The molecule has 1 unspecified atom stereocenters. The summed E-state index contributed by atoms with van der Waals surface area (Å²) in [6, 6.07) is 27.9. The Balaban J connectivity index is 1.53. The van der Waals surface area contributed by atoms with E-state index in [2.05, 4.69) is 22.8 Å². The highest BCUT2D eigenvalue weighted by atomic mass is 16.2. The monoisotopic (exact) mass is 453 g/mol. The van der Waals surface area contributed by atoms with Gasteiger partial charge in [0.1, 0.15) is 6.04 Å². The topological polar surface area (TPSA) is 102 Å². The molecule has 3 aromatic carbocycles. The van der Waals surface area contributed by atoms with Crippen LogP contribution in [0.25, 0.3) is 11.3 Å². The molecule has 0 fully saturated rings. The molecule has 0 bridgehead atoms. The summed E-state index contributed by atoms with van der Waals surface area (Å²) in [6.45, 7) is 0.887. The number of benzene rings is 3. The number of aromatic nitrogens is 2. The molecule has 0 aliphatic carbocycles. The van der Waals surface area contributed by atoms with E-state index in [1.165, 1.54) is 0 Å². The maximum absolute atomic E-state index is 13.0. The molecule has 0 saturated carbocycles. The number of carbonyl (C=O) groups excluding carboxylic acids is 2. The highest BCUT2D eigenvalue weighted by molar-refractivity contribution is 5.87. The van der Waals surface area contributed by atoms with Crippen molar-refractivity contribution < 1.29 is 9.59 Å². The van der Waals surface area contributed by atoms with Crippen molar-refractivity contribution in [2.24, 2.45) is 5.73 Å². The summed E-state index contributed by atoms with van der Waals surface area (Å²) in [6.07, 6.45) is 2.29. The molecule has 0 aliphatic rings. The highest BCUT2D eigenvalue weighted by Gasteiger charge is 2.21. The largest absolute Gasteiger partial charge is 0.352 e. The first-order chi connectivity index (χ1) is 16.6. The molecule has 1 aromatic heterocycles. The van der Waals surface area contributed by atoms with E-state index < -0.39 is 12.1 Å². The molecule has 4 N–H and O–H groups in total. The van der Waals surface area contributed by atoms with Gasteiger partial charge in [-0.25, -0.2) is 4.79 Å². The second-order valence-electron chi connectivity index (χ2n) is 8.02. The van der Waals surface area contributed by atoms with Gasteiger partial charge in [-0.1, -0.05) is 91.0 Å². The Bertz CT molecular complexity index is 1220. The molecule has 172 valence electrons. The van der Waals surface area contributed by atoms with Gasteiger partial charge in [0.25, 0.3) is 0 Å². The number of amides is 3. The van der Waals surface area contributed by atoms with E-state index in [-0.39, 0.29) is 12.5 Å². The van der Waals surface area contributed by atoms with Crippen LogP contribution in [0.5, 0.6) is 0 Å². The van der Waals surface area contributed by atoms with E-state index >= 15 is 0 Å². The van der Waals surface area contributed by atoms with Crippen molar-refractivity contribution >= 4 is 11.9 Å². The van der Waals surface area contributed by atoms with Crippen LogP contribution in [-0.4, -0.2) is 27.8 Å². The third-order valence-corrected chi connectivity index (χ3v) is 5.44. The van der Waals surface area contributed by atoms with Gasteiger partial charge in [-0.05, 0) is 11.1 Å². The lowest BCUT2D eigenvalue weighted by Gasteiger charge is -2.17. The first-order valence-electron chi connectivity index (χ1n) is 11.1. The number of nitrogens with one attached hydrogen (secondary N) is 2. The summed E-state index contributed by atoms with van der Waals surface area (Å²) in [5, 5.41) is 10.3. The number of hydrogen-bond donors (Lipinski definition) is 3. The lowest BCUT2D eigenvalue weighted by molar-refractivity contribution is -0.123. The van der Waals surface area contributed by atoms with Crippen LogP contribution in [0.2, 0.25) is 0 Å². The standard InChI is InChI=1S/C27H27N5O2/c28-27(34)30-24(16-20-10-4-1-5-11-20)26(33)29-17-23-19-32(18-21-12-6-2-7-13-21)31-25(23)22-14-8-3-9-15-22/h1-15,19,24H,16-18H2,(H,29,33)(H3,28,30,34). The third kappa shape index (κ3) is 6.10. The lowest BCUT2D eigenvalue weighted by Crippen LogP contribution is -2.49. The summed E-state index contributed by atoms with van der Waals surface area (Å²) in [5.74, 6) is -0.308. The summed E-state index contributed by atoms with van der Waals surface area (Å²) in [4.78, 5) is 24.5. The van der Waals surface area contributed by atoms with Crippen molar-refractivity contribution in [1.29, 1.82) is 0 Å². The number of carbonyl (C=O) groups is 2. The molecule has 0 saturated heterocycles. The zero-order valence-corrected chi connectivity index (χ0v) is 18.7. The SMILES string of the molecule is NC(=O)NC(Cc1ccccc1)C(=O)NCc1cn(Cc2ccccc2)nc1-c1ccccc1. The summed E-state index contributed by atoms with van der Waals surface area (Å²) in [5.41, 5.74) is 10.0. The molecule has 0 aliphatic heterocycles. The maximum atomic E-state index is 13.0. The van der Waals surface area contributed by atoms with Gasteiger partial charge in [0.05, 0.1) is 12.2 Å². The van der Waals surface area contributed by atoms with Gasteiger partial charge in [-0.15, -0.1) is 0 Å². The Morgan fingerprint density at radius 1 is 0.853 bits per heavy atom. The van der Waals surface area contributed by atoms with E-state index in [4.69, 9.17) is 10.8 Å². The number of nitrogens with two attached hydrogens (primary N) is 1. The normalized spacial score (nSPS) is 11.5. The average Bonchev–Trinajstić information content (AvgIpc) is 3.26. The summed E-state index contributed by atoms with van der Waals surface area (Å²) < 4.78 is 1.88. The Hall–Kier alpha value is -4.39. The maximum Gasteiger partial charge on any atom is 0.312 e. The predicted octanol–water partition coefficient (Wildman–Crippen LogP) is 3.49. The van der Waals surface area contributed by atoms with Gasteiger partial charge in [-0.2, -0.15) is 5.10 Å². The summed E-state index contributed by atoms with van der Waals surface area (Å²) >= 11 is 0. The fourth-order valence-corrected chi connectivity index (χ4v) is 3.82.